The molecule has 0 spiro atoms. The zero-order valence-electron chi connectivity index (χ0n) is 10.2. The van der Waals surface area contributed by atoms with Gasteiger partial charge in [-0.15, -0.1) is 0 Å². The van der Waals surface area contributed by atoms with Gasteiger partial charge in [-0.25, -0.2) is 4.79 Å². The Morgan fingerprint density at radius 1 is 1.22 bits per heavy atom. The molecule has 2 rings (SSSR count). The summed E-state index contributed by atoms with van der Waals surface area (Å²) >= 11 is 0. The van der Waals surface area contributed by atoms with Gasteiger partial charge in [0, 0.05) is 17.5 Å². The number of carboxylic acids is 1. The SMILES string of the molecule is CC1C(=O)N(c2ccc(C(=O)O)cc2)C(O)C1C. The van der Waals surface area contributed by atoms with Gasteiger partial charge in [-0.1, -0.05) is 13.8 Å². The van der Waals surface area contributed by atoms with E-state index >= 15 is 0 Å². The molecule has 1 amide bonds. The Morgan fingerprint density at radius 2 is 1.78 bits per heavy atom. The number of aromatic carboxylic acids is 1. The van der Waals surface area contributed by atoms with Gasteiger partial charge in [-0.2, -0.15) is 0 Å². The van der Waals surface area contributed by atoms with E-state index in [1.165, 1.54) is 29.2 Å². The van der Waals surface area contributed by atoms with Crippen LogP contribution >= 0.6 is 0 Å². The van der Waals surface area contributed by atoms with Gasteiger partial charge in [0.15, 0.2) is 0 Å². The van der Waals surface area contributed by atoms with E-state index in [1.807, 2.05) is 6.92 Å². The molecule has 0 saturated carbocycles. The van der Waals surface area contributed by atoms with Crippen molar-refractivity contribution < 1.29 is 19.8 Å². The van der Waals surface area contributed by atoms with Crippen LogP contribution in [0.4, 0.5) is 5.69 Å². The fourth-order valence-corrected chi connectivity index (χ4v) is 2.11. The second kappa shape index (κ2) is 4.42. The predicted octanol–water partition coefficient (Wildman–Crippen LogP) is 1.32. The fourth-order valence-electron chi connectivity index (χ4n) is 2.11. The van der Waals surface area contributed by atoms with Gasteiger partial charge in [0.2, 0.25) is 5.91 Å². The van der Waals surface area contributed by atoms with Crippen molar-refractivity contribution in [3.63, 3.8) is 0 Å². The Morgan fingerprint density at radius 3 is 2.17 bits per heavy atom. The maximum Gasteiger partial charge on any atom is 0.335 e. The minimum absolute atomic E-state index is 0.141. The van der Waals surface area contributed by atoms with Crippen LogP contribution in [0.3, 0.4) is 0 Å². The minimum Gasteiger partial charge on any atom is -0.478 e. The lowest BCUT2D eigenvalue weighted by Crippen LogP contribution is -2.34. The fraction of sp³-hybridized carbons (Fsp3) is 0.385. The molecule has 1 fully saturated rings. The molecule has 18 heavy (non-hydrogen) atoms. The summed E-state index contributed by atoms with van der Waals surface area (Å²) in [5.74, 6) is -1.54. The van der Waals surface area contributed by atoms with Crippen LogP contribution in [0.15, 0.2) is 24.3 Å². The largest absolute Gasteiger partial charge is 0.478 e. The van der Waals surface area contributed by atoms with E-state index in [0.717, 1.165) is 0 Å². The number of anilines is 1. The van der Waals surface area contributed by atoms with Crippen molar-refractivity contribution in [2.75, 3.05) is 4.90 Å². The summed E-state index contributed by atoms with van der Waals surface area (Å²) in [4.78, 5) is 24.1. The van der Waals surface area contributed by atoms with Crippen molar-refractivity contribution in [2.24, 2.45) is 11.8 Å². The molecule has 1 heterocycles. The number of nitrogens with zero attached hydrogens (tertiary/aromatic N) is 1. The number of hydrogen-bond donors (Lipinski definition) is 2. The summed E-state index contributed by atoms with van der Waals surface area (Å²) in [5, 5.41) is 18.8. The molecule has 3 atom stereocenters. The van der Waals surface area contributed by atoms with Crippen molar-refractivity contribution >= 4 is 17.6 Å². The molecule has 5 nitrogen and oxygen atoms in total. The lowest BCUT2D eigenvalue weighted by molar-refractivity contribution is -0.120. The molecule has 0 bridgehead atoms. The predicted molar refractivity (Wildman–Crippen MR) is 65.2 cm³/mol. The number of hydrogen-bond acceptors (Lipinski definition) is 3. The maximum absolute atomic E-state index is 12.0. The molecule has 0 aromatic heterocycles. The molecular weight excluding hydrogens is 234 g/mol. The van der Waals surface area contributed by atoms with Crippen LogP contribution in [0, 0.1) is 11.8 Å². The van der Waals surface area contributed by atoms with Gasteiger partial charge in [-0.3, -0.25) is 9.69 Å². The first kappa shape index (κ1) is 12.6. The number of aliphatic hydroxyl groups excluding tert-OH is 1. The van der Waals surface area contributed by atoms with E-state index in [4.69, 9.17) is 5.11 Å². The van der Waals surface area contributed by atoms with Crippen molar-refractivity contribution in [2.45, 2.75) is 20.1 Å². The standard InChI is InChI=1S/C13H15NO4/c1-7-8(2)12(16)14(11(7)15)10-5-3-9(4-6-10)13(17)18/h3-8,11,15H,1-2H3,(H,17,18). The highest BCUT2D eigenvalue weighted by molar-refractivity contribution is 5.98. The highest BCUT2D eigenvalue weighted by Gasteiger charge is 2.42. The third-order valence-electron chi connectivity index (χ3n) is 3.54. The van der Waals surface area contributed by atoms with E-state index in [9.17, 15) is 14.7 Å². The number of carboxylic acid groups (broad SMARTS) is 1. The lowest BCUT2D eigenvalue weighted by Gasteiger charge is -2.22. The van der Waals surface area contributed by atoms with Gasteiger partial charge in [0.05, 0.1) is 5.56 Å². The Balaban J connectivity index is 2.32. The number of rotatable bonds is 2. The average Bonchev–Trinajstić information content (AvgIpc) is 2.54. The summed E-state index contributed by atoms with van der Waals surface area (Å²) in [6.07, 6.45) is -0.858. The third kappa shape index (κ3) is 1.86. The molecule has 0 aliphatic carbocycles. The summed E-state index contributed by atoms with van der Waals surface area (Å²) < 4.78 is 0. The first-order chi connectivity index (χ1) is 8.43. The van der Waals surface area contributed by atoms with Crippen molar-refractivity contribution in [3.05, 3.63) is 29.8 Å². The maximum atomic E-state index is 12.0. The van der Waals surface area contributed by atoms with Crippen molar-refractivity contribution in [1.82, 2.24) is 0 Å². The van der Waals surface area contributed by atoms with Gasteiger partial charge in [0.1, 0.15) is 6.23 Å². The number of carbonyl (C=O) groups is 2. The van der Waals surface area contributed by atoms with Crippen LogP contribution in [0.25, 0.3) is 0 Å². The van der Waals surface area contributed by atoms with Crippen LogP contribution in [-0.2, 0) is 4.79 Å². The van der Waals surface area contributed by atoms with Gasteiger partial charge < -0.3 is 10.2 Å². The smallest absolute Gasteiger partial charge is 0.335 e. The van der Waals surface area contributed by atoms with E-state index in [2.05, 4.69) is 0 Å². The highest BCUT2D eigenvalue weighted by atomic mass is 16.4. The Labute approximate surface area is 105 Å². The van der Waals surface area contributed by atoms with Crippen LogP contribution in [-0.4, -0.2) is 28.3 Å². The Bertz CT molecular complexity index is 482. The molecular formula is C13H15NO4. The number of aliphatic hydroxyl groups is 1. The van der Waals surface area contributed by atoms with Crippen LogP contribution in [0.1, 0.15) is 24.2 Å². The number of carbonyl (C=O) groups excluding carboxylic acids is 1. The van der Waals surface area contributed by atoms with Gasteiger partial charge >= 0.3 is 5.97 Å². The summed E-state index contributed by atoms with van der Waals surface area (Å²) in [6.45, 7) is 3.60. The topological polar surface area (TPSA) is 77.8 Å². The number of benzene rings is 1. The zero-order chi connectivity index (χ0) is 13.4. The van der Waals surface area contributed by atoms with E-state index in [1.54, 1.807) is 6.92 Å². The molecule has 3 unspecified atom stereocenters. The number of amides is 1. The zero-order valence-corrected chi connectivity index (χ0v) is 10.2. The molecule has 0 radical (unpaired) electrons. The molecule has 1 saturated heterocycles. The van der Waals surface area contributed by atoms with Gasteiger partial charge in [-0.05, 0) is 24.3 Å². The van der Waals surface area contributed by atoms with Crippen LogP contribution < -0.4 is 4.90 Å². The average molecular weight is 249 g/mol. The van der Waals surface area contributed by atoms with E-state index < -0.39 is 12.2 Å². The molecule has 1 aromatic rings. The van der Waals surface area contributed by atoms with E-state index in [0.29, 0.717) is 5.69 Å². The van der Waals surface area contributed by atoms with Crippen LogP contribution in [0.2, 0.25) is 0 Å². The molecule has 1 aliphatic rings. The summed E-state index contributed by atoms with van der Waals surface area (Å²) in [6, 6.07) is 5.92. The summed E-state index contributed by atoms with van der Waals surface area (Å²) in [5.41, 5.74) is 0.676. The third-order valence-corrected chi connectivity index (χ3v) is 3.54. The molecule has 96 valence electrons. The molecule has 5 heteroatoms. The monoisotopic (exact) mass is 249 g/mol. The Kier molecular flexibility index (Phi) is 3.09. The molecule has 1 aliphatic heterocycles. The Hall–Kier alpha value is -1.88. The minimum atomic E-state index is -1.02. The van der Waals surface area contributed by atoms with Crippen molar-refractivity contribution in [3.8, 4) is 0 Å². The van der Waals surface area contributed by atoms with Crippen LogP contribution in [0.5, 0.6) is 0 Å². The molecule has 1 aromatic carbocycles. The first-order valence-electron chi connectivity index (χ1n) is 5.78. The summed E-state index contributed by atoms with van der Waals surface area (Å²) in [7, 11) is 0. The second-order valence-corrected chi connectivity index (χ2v) is 4.62. The van der Waals surface area contributed by atoms with Gasteiger partial charge in [0.25, 0.3) is 0 Å². The quantitative estimate of drug-likeness (QED) is 0.828. The lowest BCUT2D eigenvalue weighted by atomic mass is 9.99. The normalized spacial score (nSPS) is 27.6. The highest BCUT2D eigenvalue weighted by Crippen LogP contribution is 2.33. The first-order valence-corrected chi connectivity index (χ1v) is 5.78. The van der Waals surface area contributed by atoms with E-state index in [-0.39, 0.29) is 23.3 Å². The van der Waals surface area contributed by atoms with Crippen molar-refractivity contribution in [1.29, 1.82) is 0 Å². The second-order valence-electron chi connectivity index (χ2n) is 4.62. The molecule has 2 N–H and O–H groups in total.